The summed E-state index contributed by atoms with van der Waals surface area (Å²) in [6.07, 6.45) is 2.46. The minimum atomic E-state index is -0.555. The highest BCUT2D eigenvalue weighted by molar-refractivity contribution is 5.81. The molecule has 0 aromatic carbocycles. The van der Waals surface area contributed by atoms with Crippen molar-refractivity contribution in [2.24, 2.45) is 0 Å². The van der Waals surface area contributed by atoms with Crippen molar-refractivity contribution in [3.63, 3.8) is 0 Å². The summed E-state index contributed by atoms with van der Waals surface area (Å²) in [6, 6.07) is 0. The summed E-state index contributed by atoms with van der Waals surface area (Å²) >= 11 is 0. The summed E-state index contributed by atoms with van der Waals surface area (Å²) in [5, 5.41) is 3.29. The number of rotatable bonds is 9. The summed E-state index contributed by atoms with van der Waals surface area (Å²) < 4.78 is 16.2. The largest absolute Gasteiger partial charge is 0.465 e. The Bertz CT molecular complexity index is 272. The number of esters is 1. The number of hydrogen-bond acceptors (Lipinski definition) is 5. The van der Waals surface area contributed by atoms with Gasteiger partial charge in [-0.1, -0.05) is 6.92 Å². The van der Waals surface area contributed by atoms with Gasteiger partial charge in [0, 0.05) is 13.0 Å². The molecule has 0 amide bonds. The maximum absolute atomic E-state index is 12.1. The first-order chi connectivity index (χ1) is 9.18. The second-order valence-electron chi connectivity index (χ2n) is 4.77. The first-order valence-corrected chi connectivity index (χ1v) is 7.30. The van der Waals surface area contributed by atoms with Crippen molar-refractivity contribution < 1.29 is 19.0 Å². The van der Waals surface area contributed by atoms with Gasteiger partial charge >= 0.3 is 5.97 Å². The van der Waals surface area contributed by atoms with Crippen molar-refractivity contribution in [3.05, 3.63) is 0 Å². The predicted octanol–water partition coefficient (Wildman–Crippen LogP) is 1.50. The maximum atomic E-state index is 12.1. The second-order valence-corrected chi connectivity index (χ2v) is 4.77. The van der Waals surface area contributed by atoms with Crippen LogP contribution in [0.4, 0.5) is 0 Å². The lowest BCUT2D eigenvalue weighted by Crippen LogP contribution is -2.51. The van der Waals surface area contributed by atoms with Crippen LogP contribution in [0.2, 0.25) is 0 Å². The Balaban J connectivity index is 2.45. The molecule has 0 aromatic rings. The van der Waals surface area contributed by atoms with Gasteiger partial charge in [0.2, 0.25) is 0 Å². The molecule has 5 heteroatoms. The van der Waals surface area contributed by atoms with Crippen molar-refractivity contribution in [1.82, 2.24) is 5.32 Å². The molecule has 1 rings (SSSR count). The zero-order valence-electron chi connectivity index (χ0n) is 12.4. The van der Waals surface area contributed by atoms with E-state index >= 15 is 0 Å². The number of carbonyl (C=O) groups is 1. The fourth-order valence-electron chi connectivity index (χ4n) is 2.59. The molecule has 5 nitrogen and oxygen atoms in total. The summed E-state index contributed by atoms with van der Waals surface area (Å²) in [6.45, 7) is 8.88. The van der Waals surface area contributed by atoms with Gasteiger partial charge < -0.3 is 19.5 Å². The van der Waals surface area contributed by atoms with Gasteiger partial charge in [0.25, 0.3) is 0 Å². The number of nitrogens with one attached hydrogen (secondary N) is 1. The molecular weight excluding hydrogens is 246 g/mol. The Labute approximate surface area is 116 Å². The molecule has 0 aromatic heterocycles. The Morgan fingerprint density at radius 1 is 1.26 bits per heavy atom. The summed E-state index contributed by atoms with van der Waals surface area (Å²) in [5.74, 6) is -0.146. The summed E-state index contributed by atoms with van der Waals surface area (Å²) in [4.78, 5) is 12.1. The van der Waals surface area contributed by atoms with Crippen LogP contribution in [0.3, 0.4) is 0 Å². The molecule has 0 bridgehead atoms. The van der Waals surface area contributed by atoms with Crippen molar-refractivity contribution >= 4 is 5.97 Å². The van der Waals surface area contributed by atoms with E-state index in [1.54, 1.807) is 0 Å². The van der Waals surface area contributed by atoms with E-state index in [1.807, 2.05) is 20.8 Å². The van der Waals surface area contributed by atoms with Crippen LogP contribution < -0.4 is 5.32 Å². The molecule has 0 saturated heterocycles. The molecule has 1 aliphatic carbocycles. The van der Waals surface area contributed by atoms with E-state index in [0.717, 1.165) is 19.4 Å². The number of ether oxygens (including phenoxy) is 3. The van der Waals surface area contributed by atoms with Crippen LogP contribution in [0, 0.1) is 0 Å². The number of hydrogen-bond donors (Lipinski definition) is 1. The predicted molar refractivity (Wildman–Crippen MR) is 73.1 cm³/mol. The standard InChI is InChI=1S/C14H27NO4/c1-4-15-14(13(16)18-6-3)8-7-12(11-14)19-10-9-17-5-2/h12,15H,4-11H2,1-3H3. The van der Waals surface area contributed by atoms with Gasteiger partial charge in [-0.3, -0.25) is 4.79 Å². The Morgan fingerprint density at radius 2 is 2.05 bits per heavy atom. The molecule has 112 valence electrons. The molecule has 0 aliphatic heterocycles. The van der Waals surface area contributed by atoms with Crippen LogP contribution in [-0.4, -0.2) is 50.6 Å². The molecular formula is C14H27NO4. The van der Waals surface area contributed by atoms with Crippen molar-refractivity contribution in [1.29, 1.82) is 0 Å². The highest BCUT2D eigenvalue weighted by Crippen LogP contribution is 2.33. The Hall–Kier alpha value is -0.650. The van der Waals surface area contributed by atoms with Crippen LogP contribution in [0.25, 0.3) is 0 Å². The van der Waals surface area contributed by atoms with Gasteiger partial charge in [0.1, 0.15) is 5.54 Å². The van der Waals surface area contributed by atoms with Gasteiger partial charge in [0.05, 0.1) is 25.9 Å². The van der Waals surface area contributed by atoms with Crippen molar-refractivity contribution in [2.45, 2.75) is 51.7 Å². The van der Waals surface area contributed by atoms with Crippen molar-refractivity contribution in [3.8, 4) is 0 Å². The van der Waals surface area contributed by atoms with E-state index in [2.05, 4.69) is 5.32 Å². The second kappa shape index (κ2) is 8.51. The summed E-state index contributed by atoms with van der Waals surface area (Å²) in [7, 11) is 0. The molecule has 1 aliphatic rings. The fraction of sp³-hybridized carbons (Fsp3) is 0.929. The van der Waals surface area contributed by atoms with Crippen LogP contribution in [0.1, 0.15) is 40.0 Å². The Morgan fingerprint density at radius 3 is 2.68 bits per heavy atom. The van der Waals surface area contributed by atoms with E-state index in [1.165, 1.54) is 0 Å². The molecule has 0 heterocycles. The van der Waals surface area contributed by atoms with Crippen LogP contribution in [0.5, 0.6) is 0 Å². The topological polar surface area (TPSA) is 56.8 Å². The SMILES string of the molecule is CCNC1(C(=O)OCC)CCC(OCCOCC)C1. The summed E-state index contributed by atoms with van der Waals surface area (Å²) in [5.41, 5.74) is -0.555. The van der Waals surface area contributed by atoms with E-state index in [-0.39, 0.29) is 12.1 Å². The molecule has 1 fully saturated rings. The molecule has 1 N–H and O–H groups in total. The van der Waals surface area contributed by atoms with Crippen LogP contribution in [0.15, 0.2) is 0 Å². The van der Waals surface area contributed by atoms with Crippen molar-refractivity contribution in [2.75, 3.05) is 33.0 Å². The van der Waals surface area contributed by atoms with Crippen LogP contribution in [-0.2, 0) is 19.0 Å². The third kappa shape index (κ3) is 4.75. The fourth-order valence-corrected chi connectivity index (χ4v) is 2.59. The lowest BCUT2D eigenvalue weighted by Gasteiger charge is -2.27. The molecule has 19 heavy (non-hydrogen) atoms. The molecule has 0 spiro atoms. The van der Waals surface area contributed by atoms with Gasteiger partial charge in [-0.25, -0.2) is 0 Å². The Kier molecular flexibility index (Phi) is 7.34. The normalized spacial score (nSPS) is 26.6. The molecule has 2 unspecified atom stereocenters. The quantitative estimate of drug-likeness (QED) is 0.510. The lowest BCUT2D eigenvalue weighted by atomic mass is 9.97. The smallest absolute Gasteiger partial charge is 0.326 e. The van der Waals surface area contributed by atoms with Gasteiger partial charge in [-0.15, -0.1) is 0 Å². The van der Waals surface area contributed by atoms with Gasteiger partial charge in [0.15, 0.2) is 0 Å². The lowest BCUT2D eigenvalue weighted by molar-refractivity contribution is -0.151. The first-order valence-electron chi connectivity index (χ1n) is 7.30. The van der Waals surface area contributed by atoms with E-state index < -0.39 is 5.54 Å². The van der Waals surface area contributed by atoms with E-state index in [0.29, 0.717) is 32.8 Å². The first kappa shape index (κ1) is 16.4. The average Bonchev–Trinajstić information content (AvgIpc) is 2.80. The third-order valence-corrected chi connectivity index (χ3v) is 3.44. The zero-order valence-corrected chi connectivity index (χ0v) is 12.4. The monoisotopic (exact) mass is 273 g/mol. The minimum Gasteiger partial charge on any atom is -0.465 e. The highest BCUT2D eigenvalue weighted by Gasteiger charge is 2.46. The number of likely N-dealkylation sites (N-methyl/N-ethyl adjacent to an activating group) is 1. The van der Waals surface area contributed by atoms with E-state index in [4.69, 9.17) is 14.2 Å². The maximum Gasteiger partial charge on any atom is 0.326 e. The number of carbonyl (C=O) groups excluding carboxylic acids is 1. The third-order valence-electron chi connectivity index (χ3n) is 3.44. The van der Waals surface area contributed by atoms with E-state index in [9.17, 15) is 4.79 Å². The molecule has 2 atom stereocenters. The van der Waals surface area contributed by atoms with Crippen LogP contribution >= 0.6 is 0 Å². The molecule has 1 saturated carbocycles. The molecule has 0 radical (unpaired) electrons. The minimum absolute atomic E-state index is 0.115. The highest BCUT2D eigenvalue weighted by atomic mass is 16.5. The zero-order chi connectivity index (χ0) is 14.1. The van der Waals surface area contributed by atoms with Gasteiger partial charge in [-0.2, -0.15) is 0 Å². The van der Waals surface area contributed by atoms with Gasteiger partial charge in [-0.05, 0) is 33.2 Å². The average molecular weight is 273 g/mol.